The average Bonchev–Trinajstić information content (AvgIpc) is 3.18. The summed E-state index contributed by atoms with van der Waals surface area (Å²) in [6.45, 7) is 7.41. The number of carbonyl (C=O) groups excluding carboxylic acids is 1. The molecule has 0 saturated carbocycles. The number of hydrogen-bond donors (Lipinski definition) is 0. The van der Waals surface area contributed by atoms with E-state index in [-0.39, 0.29) is 5.92 Å². The molecule has 0 N–H and O–H groups in total. The fraction of sp³-hybridized carbons (Fsp3) is 0.500. The Kier molecular flexibility index (Phi) is 5.45. The van der Waals surface area contributed by atoms with Crippen molar-refractivity contribution in [3.8, 4) is 10.6 Å². The summed E-state index contributed by atoms with van der Waals surface area (Å²) < 4.78 is 0. The van der Waals surface area contributed by atoms with Crippen LogP contribution in [0.25, 0.3) is 10.6 Å². The molecule has 3 rings (SSSR count). The first-order valence-electron chi connectivity index (χ1n) is 8.64. The summed E-state index contributed by atoms with van der Waals surface area (Å²) in [5, 5.41) is 10.8. The molecule has 1 saturated heterocycles. The van der Waals surface area contributed by atoms with Crippen molar-refractivity contribution < 1.29 is 4.79 Å². The number of rotatable bonds is 5. The van der Waals surface area contributed by atoms with Crippen LogP contribution >= 0.6 is 11.3 Å². The zero-order chi connectivity index (χ0) is 16.9. The second kappa shape index (κ2) is 7.75. The molecule has 2 aromatic heterocycles. The summed E-state index contributed by atoms with van der Waals surface area (Å²) >= 11 is 1.67. The molecule has 5 nitrogen and oxygen atoms in total. The fourth-order valence-corrected chi connectivity index (χ4v) is 3.89. The topological polar surface area (TPSA) is 49.3 Å². The van der Waals surface area contributed by atoms with Gasteiger partial charge in [-0.05, 0) is 50.3 Å². The first-order chi connectivity index (χ1) is 11.7. The third kappa shape index (κ3) is 3.59. The zero-order valence-electron chi connectivity index (χ0n) is 14.3. The largest absolute Gasteiger partial charge is 0.355 e. The van der Waals surface area contributed by atoms with Gasteiger partial charge < -0.3 is 9.80 Å². The molecule has 1 aliphatic heterocycles. The van der Waals surface area contributed by atoms with Crippen LogP contribution in [0, 0.1) is 5.92 Å². The van der Waals surface area contributed by atoms with Crippen molar-refractivity contribution >= 4 is 23.1 Å². The third-order valence-corrected chi connectivity index (χ3v) is 5.56. The van der Waals surface area contributed by atoms with E-state index >= 15 is 0 Å². The van der Waals surface area contributed by atoms with E-state index in [2.05, 4.69) is 21.2 Å². The number of piperidine rings is 1. The highest BCUT2D eigenvalue weighted by Crippen LogP contribution is 2.26. The van der Waals surface area contributed by atoms with E-state index < -0.39 is 0 Å². The van der Waals surface area contributed by atoms with Crippen LogP contribution in [0.4, 0.5) is 5.82 Å². The molecule has 0 bridgehead atoms. The van der Waals surface area contributed by atoms with Gasteiger partial charge in [-0.25, -0.2) is 0 Å². The zero-order valence-corrected chi connectivity index (χ0v) is 15.1. The minimum Gasteiger partial charge on any atom is -0.355 e. The summed E-state index contributed by atoms with van der Waals surface area (Å²) in [5.41, 5.74) is 0.917. The van der Waals surface area contributed by atoms with Crippen LogP contribution in [0.1, 0.15) is 26.7 Å². The Morgan fingerprint density at radius 2 is 1.96 bits per heavy atom. The first kappa shape index (κ1) is 16.9. The Labute approximate surface area is 147 Å². The molecule has 1 amide bonds. The van der Waals surface area contributed by atoms with Gasteiger partial charge in [-0.15, -0.1) is 21.5 Å². The van der Waals surface area contributed by atoms with Gasteiger partial charge in [0.25, 0.3) is 0 Å². The predicted molar refractivity (Wildman–Crippen MR) is 98.2 cm³/mol. The lowest BCUT2D eigenvalue weighted by Gasteiger charge is -2.34. The second-order valence-corrected chi connectivity index (χ2v) is 6.97. The SMILES string of the molecule is CCN(CC)C(=O)C1CCN(c2ccc(-c3cccs3)nn2)CC1. The smallest absolute Gasteiger partial charge is 0.225 e. The summed E-state index contributed by atoms with van der Waals surface area (Å²) in [5.74, 6) is 1.36. The normalized spacial score (nSPS) is 15.5. The van der Waals surface area contributed by atoms with Crippen molar-refractivity contribution in [1.29, 1.82) is 0 Å². The molecule has 6 heteroatoms. The molecule has 24 heavy (non-hydrogen) atoms. The van der Waals surface area contributed by atoms with Gasteiger partial charge in [0.2, 0.25) is 5.91 Å². The Bertz CT molecular complexity index is 644. The average molecular weight is 344 g/mol. The first-order valence-corrected chi connectivity index (χ1v) is 9.52. The van der Waals surface area contributed by atoms with Crippen molar-refractivity contribution in [2.75, 3.05) is 31.1 Å². The molecule has 128 valence electrons. The van der Waals surface area contributed by atoms with E-state index in [9.17, 15) is 4.79 Å². The highest BCUT2D eigenvalue weighted by atomic mass is 32.1. The summed E-state index contributed by atoms with van der Waals surface area (Å²) in [4.78, 5) is 17.8. The molecular weight excluding hydrogens is 320 g/mol. The van der Waals surface area contributed by atoms with E-state index in [0.29, 0.717) is 5.91 Å². The van der Waals surface area contributed by atoms with Crippen LogP contribution in [-0.4, -0.2) is 47.2 Å². The summed E-state index contributed by atoms with van der Waals surface area (Å²) in [6, 6.07) is 8.14. The maximum atomic E-state index is 12.5. The summed E-state index contributed by atoms with van der Waals surface area (Å²) in [7, 11) is 0. The van der Waals surface area contributed by atoms with E-state index in [1.54, 1.807) is 11.3 Å². The third-order valence-electron chi connectivity index (χ3n) is 4.67. The Balaban J connectivity index is 1.59. The van der Waals surface area contributed by atoms with E-state index in [1.807, 2.05) is 42.3 Å². The molecule has 0 unspecified atom stereocenters. The molecule has 0 atom stereocenters. The molecular formula is C18H24N4OS. The Morgan fingerprint density at radius 1 is 1.21 bits per heavy atom. The number of aromatic nitrogens is 2. The van der Waals surface area contributed by atoms with Crippen molar-refractivity contribution in [1.82, 2.24) is 15.1 Å². The van der Waals surface area contributed by atoms with Crippen molar-refractivity contribution in [3.63, 3.8) is 0 Å². The number of hydrogen-bond acceptors (Lipinski definition) is 5. The van der Waals surface area contributed by atoms with E-state index in [4.69, 9.17) is 0 Å². The number of anilines is 1. The minimum absolute atomic E-state index is 0.152. The maximum Gasteiger partial charge on any atom is 0.225 e. The monoisotopic (exact) mass is 344 g/mol. The van der Waals surface area contributed by atoms with Gasteiger partial charge in [0, 0.05) is 32.1 Å². The van der Waals surface area contributed by atoms with Gasteiger partial charge >= 0.3 is 0 Å². The highest BCUT2D eigenvalue weighted by molar-refractivity contribution is 7.13. The van der Waals surface area contributed by atoms with Crippen molar-refractivity contribution in [2.24, 2.45) is 5.92 Å². The van der Waals surface area contributed by atoms with Crippen LogP contribution in [0.5, 0.6) is 0 Å². The lowest BCUT2D eigenvalue weighted by molar-refractivity contribution is -0.135. The lowest BCUT2D eigenvalue weighted by Crippen LogP contribution is -2.42. The van der Waals surface area contributed by atoms with Gasteiger partial charge in [0.15, 0.2) is 5.82 Å². The van der Waals surface area contributed by atoms with Gasteiger partial charge in [0.1, 0.15) is 5.69 Å². The van der Waals surface area contributed by atoms with Gasteiger partial charge in [-0.1, -0.05) is 6.07 Å². The highest BCUT2D eigenvalue weighted by Gasteiger charge is 2.28. The van der Waals surface area contributed by atoms with Crippen LogP contribution in [0.15, 0.2) is 29.6 Å². The van der Waals surface area contributed by atoms with Crippen LogP contribution in [0.2, 0.25) is 0 Å². The van der Waals surface area contributed by atoms with Crippen LogP contribution in [-0.2, 0) is 4.79 Å². The Hall–Kier alpha value is -1.95. The van der Waals surface area contributed by atoms with Crippen molar-refractivity contribution in [2.45, 2.75) is 26.7 Å². The maximum absolute atomic E-state index is 12.5. The molecule has 2 aromatic rings. The molecule has 1 fully saturated rings. The van der Waals surface area contributed by atoms with Crippen LogP contribution in [0.3, 0.4) is 0 Å². The molecule has 3 heterocycles. The molecule has 0 spiro atoms. The van der Waals surface area contributed by atoms with Gasteiger partial charge in [-0.2, -0.15) is 0 Å². The fourth-order valence-electron chi connectivity index (χ4n) is 3.20. The number of thiophene rings is 1. The number of nitrogens with zero attached hydrogens (tertiary/aromatic N) is 4. The van der Waals surface area contributed by atoms with Gasteiger partial charge in [0.05, 0.1) is 4.88 Å². The summed E-state index contributed by atoms with van der Waals surface area (Å²) in [6.07, 6.45) is 1.79. The second-order valence-electron chi connectivity index (χ2n) is 6.03. The standard InChI is InChI=1S/C18H24N4OS/c1-3-21(4-2)18(23)14-9-11-22(12-10-14)17-8-7-15(19-20-17)16-6-5-13-24-16/h5-8,13-14H,3-4,9-12H2,1-2H3. The quantitative estimate of drug-likeness (QED) is 0.835. The Morgan fingerprint density at radius 3 is 2.50 bits per heavy atom. The molecule has 1 aliphatic rings. The van der Waals surface area contributed by atoms with Crippen LogP contribution < -0.4 is 4.90 Å². The van der Waals surface area contributed by atoms with Gasteiger partial charge in [-0.3, -0.25) is 4.79 Å². The number of amides is 1. The van der Waals surface area contributed by atoms with E-state index in [1.165, 1.54) is 0 Å². The van der Waals surface area contributed by atoms with E-state index in [0.717, 1.165) is 55.4 Å². The molecule has 0 aliphatic carbocycles. The van der Waals surface area contributed by atoms with Crippen molar-refractivity contribution in [3.05, 3.63) is 29.6 Å². The predicted octanol–water partition coefficient (Wildman–Crippen LogP) is 3.29. The molecule has 0 radical (unpaired) electrons. The lowest BCUT2D eigenvalue weighted by atomic mass is 9.95. The molecule has 0 aromatic carbocycles. The minimum atomic E-state index is 0.152. The number of carbonyl (C=O) groups is 1.